The minimum atomic E-state index is 0.664. The van der Waals surface area contributed by atoms with E-state index < -0.39 is 0 Å². The zero-order valence-corrected chi connectivity index (χ0v) is 12.4. The molecule has 0 saturated carbocycles. The van der Waals surface area contributed by atoms with Gasteiger partial charge in [-0.15, -0.1) is 0 Å². The molecule has 1 nitrogen and oxygen atoms in total. The molecule has 0 aliphatic carbocycles. The zero-order chi connectivity index (χ0) is 13.2. The van der Waals surface area contributed by atoms with Crippen molar-refractivity contribution >= 4 is 0 Å². The molecule has 18 heavy (non-hydrogen) atoms. The number of hydrogen-bond donors (Lipinski definition) is 0. The van der Waals surface area contributed by atoms with Crippen LogP contribution in [0.3, 0.4) is 0 Å². The quantitative estimate of drug-likeness (QED) is 0.431. The summed E-state index contributed by atoms with van der Waals surface area (Å²) in [6.45, 7) is 6.95. The van der Waals surface area contributed by atoms with Crippen molar-refractivity contribution < 1.29 is 4.57 Å². The van der Waals surface area contributed by atoms with E-state index >= 15 is 0 Å². The van der Waals surface area contributed by atoms with Gasteiger partial charge in [-0.1, -0.05) is 58.9 Å². The number of rotatable bonds is 9. The molecule has 102 valence electrons. The lowest BCUT2D eigenvalue weighted by atomic mass is 9.97. The summed E-state index contributed by atoms with van der Waals surface area (Å²) in [7, 11) is 0. The minimum Gasteiger partial charge on any atom is -0.202 e. The van der Waals surface area contributed by atoms with Crippen molar-refractivity contribution in [2.75, 3.05) is 0 Å². The maximum absolute atomic E-state index is 2.39. The van der Waals surface area contributed by atoms with Gasteiger partial charge >= 0.3 is 0 Å². The van der Waals surface area contributed by atoms with Crippen LogP contribution in [0.25, 0.3) is 0 Å². The second-order valence-electron chi connectivity index (χ2n) is 5.69. The largest absolute Gasteiger partial charge is 0.202 e. The van der Waals surface area contributed by atoms with E-state index in [0.29, 0.717) is 12.0 Å². The van der Waals surface area contributed by atoms with Crippen LogP contribution in [-0.4, -0.2) is 0 Å². The topological polar surface area (TPSA) is 3.88 Å². The molecule has 0 aromatic carbocycles. The van der Waals surface area contributed by atoms with E-state index in [1.165, 1.54) is 44.9 Å². The highest BCUT2D eigenvalue weighted by Crippen LogP contribution is 2.19. The van der Waals surface area contributed by atoms with Crippen LogP contribution in [-0.2, 0) is 0 Å². The molecule has 0 N–H and O–H groups in total. The molecular formula is C17H30N+. The predicted molar refractivity (Wildman–Crippen MR) is 78.5 cm³/mol. The molecule has 1 atom stereocenters. The zero-order valence-electron chi connectivity index (χ0n) is 12.4. The Balaban J connectivity index is 2.31. The van der Waals surface area contributed by atoms with Crippen LogP contribution in [0.5, 0.6) is 0 Å². The first-order valence-electron chi connectivity index (χ1n) is 7.71. The van der Waals surface area contributed by atoms with Crippen LogP contribution in [0.1, 0.15) is 71.8 Å². The molecular weight excluding hydrogens is 218 g/mol. The van der Waals surface area contributed by atoms with Gasteiger partial charge in [0.2, 0.25) is 0 Å². The van der Waals surface area contributed by atoms with Gasteiger partial charge in [0.1, 0.15) is 0 Å². The summed E-state index contributed by atoms with van der Waals surface area (Å²) < 4.78 is 2.39. The first-order chi connectivity index (χ1) is 8.75. The van der Waals surface area contributed by atoms with Gasteiger partial charge in [0.25, 0.3) is 0 Å². The summed E-state index contributed by atoms with van der Waals surface area (Å²) in [6.07, 6.45) is 14.1. The lowest BCUT2D eigenvalue weighted by molar-refractivity contribution is -0.730. The fraction of sp³-hybridized carbons (Fsp3) is 0.706. The third-order valence-corrected chi connectivity index (χ3v) is 3.74. The molecule has 0 saturated heterocycles. The van der Waals surface area contributed by atoms with E-state index in [1.54, 1.807) is 0 Å². The Morgan fingerprint density at radius 3 is 2.06 bits per heavy atom. The van der Waals surface area contributed by atoms with E-state index in [9.17, 15) is 0 Å². The fourth-order valence-corrected chi connectivity index (χ4v) is 2.59. The molecule has 0 radical (unpaired) electrons. The maximum atomic E-state index is 2.39. The Morgan fingerprint density at radius 2 is 1.44 bits per heavy atom. The van der Waals surface area contributed by atoms with Gasteiger partial charge in [-0.05, 0) is 6.42 Å². The number of aromatic nitrogens is 1. The lowest BCUT2D eigenvalue weighted by Gasteiger charge is -2.15. The fourth-order valence-electron chi connectivity index (χ4n) is 2.59. The van der Waals surface area contributed by atoms with E-state index in [-0.39, 0.29) is 0 Å². The van der Waals surface area contributed by atoms with Crippen molar-refractivity contribution in [3.05, 3.63) is 30.6 Å². The van der Waals surface area contributed by atoms with Gasteiger partial charge in [-0.2, -0.15) is 0 Å². The van der Waals surface area contributed by atoms with Gasteiger partial charge in [0.15, 0.2) is 18.4 Å². The Kier molecular flexibility index (Phi) is 7.71. The van der Waals surface area contributed by atoms with Gasteiger partial charge in [-0.3, -0.25) is 0 Å². The Bertz CT molecular complexity index is 292. The number of hydrogen-bond acceptors (Lipinski definition) is 0. The Morgan fingerprint density at radius 1 is 0.833 bits per heavy atom. The molecule has 1 heterocycles. The van der Waals surface area contributed by atoms with E-state index in [2.05, 4.69) is 55.9 Å². The summed E-state index contributed by atoms with van der Waals surface area (Å²) in [5.74, 6) is 0.716. The molecule has 1 heteroatoms. The lowest BCUT2D eigenvalue weighted by Crippen LogP contribution is -2.41. The average molecular weight is 248 g/mol. The normalized spacial score (nSPS) is 12.9. The highest BCUT2D eigenvalue weighted by atomic mass is 15.0. The second kappa shape index (κ2) is 9.13. The SMILES string of the molecule is CCCCCCCCC(C(C)C)[n+]1ccccc1. The van der Waals surface area contributed by atoms with Crippen molar-refractivity contribution in [1.29, 1.82) is 0 Å². The molecule has 1 unspecified atom stereocenters. The Hall–Kier alpha value is -0.850. The molecule has 0 amide bonds. The molecule has 0 spiro atoms. The van der Waals surface area contributed by atoms with Crippen molar-refractivity contribution in [3.63, 3.8) is 0 Å². The van der Waals surface area contributed by atoms with Crippen molar-refractivity contribution in [3.8, 4) is 0 Å². The smallest absolute Gasteiger partial charge is 0.169 e. The molecule has 0 fully saturated rings. The summed E-state index contributed by atoms with van der Waals surface area (Å²) in [4.78, 5) is 0. The molecule has 0 aliphatic rings. The van der Waals surface area contributed by atoms with Crippen LogP contribution in [0.4, 0.5) is 0 Å². The molecule has 0 bridgehead atoms. The van der Waals surface area contributed by atoms with Gasteiger partial charge in [0, 0.05) is 24.5 Å². The van der Waals surface area contributed by atoms with Gasteiger partial charge in [-0.25, -0.2) is 4.57 Å². The van der Waals surface area contributed by atoms with Crippen molar-refractivity contribution in [1.82, 2.24) is 0 Å². The maximum Gasteiger partial charge on any atom is 0.169 e. The first kappa shape index (κ1) is 15.2. The summed E-state index contributed by atoms with van der Waals surface area (Å²) in [5, 5.41) is 0. The van der Waals surface area contributed by atoms with Crippen LogP contribution in [0, 0.1) is 5.92 Å². The van der Waals surface area contributed by atoms with Gasteiger partial charge in [0.05, 0.1) is 0 Å². The minimum absolute atomic E-state index is 0.664. The standard InChI is InChI=1S/C17H30N/c1-4-5-6-7-8-10-13-17(16(2)3)18-14-11-9-12-15-18/h9,11-12,14-17H,4-8,10,13H2,1-3H3/q+1. The second-order valence-corrected chi connectivity index (χ2v) is 5.69. The summed E-state index contributed by atoms with van der Waals surface area (Å²) in [5.41, 5.74) is 0. The van der Waals surface area contributed by atoms with Crippen LogP contribution < -0.4 is 4.57 Å². The monoisotopic (exact) mass is 248 g/mol. The summed E-state index contributed by atoms with van der Waals surface area (Å²) >= 11 is 0. The van der Waals surface area contributed by atoms with Gasteiger partial charge < -0.3 is 0 Å². The molecule has 1 rings (SSSR count). The molecule has 0 aliphatic heterocycles. The Labute approximate surface area is 113 Å². The average Bonchev–Trinajstić information content (AvgIpc) is 2.38. The van der Waals surface area contributed by atoms with Crippen molar-refractivity contribution in [2.24, 2.45) is 5.92 Å². The predicted octanol–water partition coefficient (Wildman–Crippen LogP) is 4.92. The van der Waals surface area contributed by atoms with Crippen LogP contribution in [0.15, 0.2) is 30.6 Å². The molecule has 1 aromatic rings. The number of pyridine rings is 1. The third-order valence-electron chi connectivity index (χ3n) is 3.74. The highest BCUT2D eigenvalue weighted by Gasteiger charge is 2.21. The van der Waals surface area contributed by atoms with E-state index in [1.807, 2.05) is 0 Å². The highest BCUT2D eigenvalue weighted by molar-refractivity contribution is 4.84. The number of nitrogens with zero attached hydrogens (tertiary/aromatic N) is 1. The summed E-state index contributed by atoms with van der Waals surface area (Å²) in [6, 6.07) is 7.03. The first-order valence-corrected chi connectivity index (χ1v) is 7.71. The van der Waals surface area contributed by atoms with E-state index in [4.69, 9.17) is 0 Å². The van der Waals surface area contributed by atoms with Crippen molar-refractivity contribution in [2.45, 2.75) is 71.8 Å². The molecule has 1 aromatic heterocycles. The third kappa shape index (κ3) is 5.66. The van der Waals surface area contributed by atoms with E-state index in [0.717, 1.165) is 0 Å². The number of unbranched alkanes of at least 4 members (excludes halogenated alkanes) is 5. The van der Waals surface area contributed by atoms with Crippen LogP contribution >= 0.6 is 0 Å². The van der Waals surface area contributed by atoms with Crippen LogP contribution in [0.2, 0.25) is 0 Å².